The molecule has 0 amide bonds. The molecule has 0 aromatic carbocycles. The fourth-order valence-corrected chi connectivity index (χ4v) is 2.45. The van der Waals surface area contributed by atoms with Gasteiger partial charge in [-0.05, 0) is 44.9 Å². The molecule has 0 radical (unpaired) electrons. The minimum absolute atomic E-state index is 0.265. The third-order valence-corrected chi connectivity index (χ3v) is 3.41. The first-order valence-electron chi connectivity index (χ1n) is 6.25. The van der Waals surface area contributed by atoms with Crippen LogP contribution in [0.25, 0.3) is 0 Å². The van der Waals surface area contributed by atoms with E-state index < -0.39 is 6.29 Å². The zero-order chi connectivity index (χ0) is 12.0. The number of ether oxygens (including phenoxy) is 2. The van der Waals surface area contributed by atoms with Crippen molar-refractivity contribution in [2.45, 2.75) is 57.5 Å². The summed E-state index contributed by atoms with van der Waals surface area (Å²) in [4.78, 5) is 0. The van der Waals surface area contributed by atoms with Crippen molar-refractivity contribution in [1.82, 2.24) is 0 Å². The van der Waals surface area contributed by atoms with Gasteiger partial charge in [-0.25, -0.2) is 0 Å². The van der Waals surface area contributed by atoms with Crippen molar-refractivity contribution >= 4 is 0 Å². The average Bonchev–Trinajstić information content (AvgIpc) is 2.31. The zero-order valence-corrected chi connectivity index (χ0v) is 10.4. The molecule has 0 saturated heterocycles. The third kappa shape index (κ3) is 4.37. The summed E-state index contributed by atoms with van der Waals surface area (Å²) in [7, 11) is 1.48. The molecular formula is C12H25NO3. The predicted molar refractivity (Wildman–Crippen MR) is 63.0 cm³/mol. The molecule has 4 heteroatoms. The number of aliphatic hydroxyl groups excluding tert-OH is 1. The van der Waals surface area contributed by atoms with Crippen LogP contribution in [-0.2, 0) is 9.47 Å². The summed E-state index contributed by atoms with van der Waals surface area (Å²) in [5.41, 5.74) is 5.85. The van der Waals surface area contributed by atoms with E-state index in [4.69, 9.17) is 15.2 Å². The lowest BCUT2D eigenvalue weighted by Crippen LogP contribution is -2.38. The van der Waals surface area contributed by atoms with Gasteiger partial charge in [0.25, 0.3) is 0 Å². The van der Waals surface area contributed by atoms with Gasteiger partial charge in [0.15, 0.2) is 6.29 Å². The van der Waals surface area contributed by atoms with Gasteiger partial charge in [0, 0.05) is 13.7 Å². The van der Waals surface area contributed by atoms with Crippen LogP contribution in [-0.4, -0.2) is 37.3 Å². The highest BCUT2D eigenvalue weighted by Gasteiger charge is 2.25. The van der Waals surface area contributed by atoms with E-state index in [-0.39, 0.29) is 6.04 Å². The van der Waals surface area contributed by atoms with Crippen LogP contribution in [0.3, 0.4) is 0 Å². The molecular weight excluding hydrogens is 206 g/mol. The second kappa shape index (κ2) is 7.22. The average molecular weight is 231 g/mol. The third-order valence-electron chi connectivity index (χ3n) is 3.41. The summed E-state index contributed by atoms with van der Waals surface area (Å²) in [5.74, 6) is 0.608. The standard InChI is InChI=1S/C12H25NO3/c1-3-16-10-6-4-9(5-7-10)8-11(13)12(14)15-2/h9-12,14H,3-8,13H2,1-2H3/t9?,10?,11-,12?/m0/s1. The lowest BCUT2D eigenvalue weighted by atomic mass is 9.83. The van der Waals surface area contributed by atoms with Crippen LogP contribution in [0.2, 0.25) is 0 Å². The lowest BCUT2D eigenvalue weighted by molar-refractivity contribution is -0.0945. The first-order valence-corrected chi connectivity index (χ1v) is 6.25. The highest BCUT2D eigenvalue weighted by Crippen LogP contribution is 2.29. The molecule has 16 heavy (non-hydrogen) atoms. The summed E-state index contributed by atoms with van der Waals surface area (Å²) in [6, 6.07) is -0.265. The largest absolute Gasteiger partial charge is 0.379 e. The van der Waals surface area contributed by atoms with Gasteiger partial charge in [0.2, 0.25) is 0 Å². The Morgan fingerprint density at radius 2 is 1.94 bits per heavy atom. The molecule has 0 bridgehead atoms. The van der Waals surface area contributed by atoms with Crippen LogP contribution in [0.4, 0.5) is 0 Å². The van der Waals surface area contributed by atoms with Crippen molar-refractivity contribution in [2.75, 3.05) is 13.7 Å². The maximum absolute atomic E-state index is 9.42. The fraction of sp³-hybridized carbons (Fsp3) is 1.00. The Hall–Kier alpha value is -0.160. The molecule has 0 aliphatic heterocycles. The van der Waals surface area contributed by atoms with Gasteiger partial charge < -0.3 is 20.3 Å². The van der Waals surface area contributed by atoms with Gasteiger partial charge in [0.05, 0.1) is 12.1 Å². The molecule has 0 aromatic rings. The molecule has 2 atom stereocenters. The quantitative estimate of drug-likeness (QED) is 0.676. The second-order valence-corrected chi connectivity index (χ2v) is 4.62. The van der Waals surface area contributed by atoms with Crippen LogP contribution >= 0.6 is 0 Å². The number of aliphatic hydroxyl groups is 1. The Bertz CT molecular complexity index is 181. The minimum Gasteiger partial charge on any atom is -0.379 e. The molecule has 1 aliphatic rings. The minimum atomic E-state index is -0.829. The molecule has 0 spiro atoms. The Morgan fingerprint density at radius 3 is 2.44 bits per heavy atom. The van der Waals surface area contributed by atoms with Crippen molar-refractivity contribution < 1.29 is 14.6 Å². The summed E-state index contributed by atoms with van der Waals surface area (Å²) >= 11 is 0. The van der Waals surface area contributed by atoms with E-state index in [2.05, 4.69) is 0 Å². The van der Waals surface area contributed by atoms with Gasteiger partial charge in [-0.2, -0.15) is 0 Å². The molecule has 1 aliphatic carbocycles. The van der Waals surface area contributed by atoms with Crippen molar-refractivity contribution in [2.24, 2.45) is 11.7 Å². The molecule has 1 unspecified atom stereocenters. The maximum atomic E-state index is 9.42. The Morgan fingerprint density at radius 1 is 1.31 bits per heavy atom. The Kier molecular flexibility index (Phi) is 6.28. The van der Waals surface area contributed by atoms with E-state index in [1.165, 1.54) is 7.11 Å². The van der Waals surface area contributed by atoms with Crippen LogP contribution < -0.4 is 5.73 Å². The summed E-state index contributed by atoms with van der Waals surface area (Å²) in [6.07, 6.45) is 4.98. The van der Waals surface area contributed by atoms with E-state index in [0.29, 0.717) is 12.0 Å². The summed E-state index contributed by atoms with van der Waals surface area (Å²) < 4.78 is 10.4. The molecule has 1 fully saturated rings. The smallest absolute Gasteiger partial charge is 0.169 e. The van der Waals surface area contributed by atoms with Crippen molar-refractivity contribution in [3.05, 3.63) is 0 Å². The van der Waals surface area contributed by atoms with Gasteiger partial charge in [-0.3, -0.25) is 0 Å². The van der Waals surface area contributed by atoms with Crippen LogP contribution in [0.5, 0.6) is 0 Å². The van der Waals surface area contributed by atoms with E-state index in [1.807, 2.05) is 6.92 Å². The summed E-state index contributed by atoms with van der Waals surface area (Å²) in [5, 5.41) is 9.42. The van der Waals surface area contributed by atoms with Crippen LogP contribution in [0.1, 0.15) is 39.0 Å². The predicted octanol–water partition coefficient (Wildman–Crippen LogP) is 1.26. The molecule has 4 nitrogen and oxygen atoms in total. The van der Waals surface area contributed by atoms with Gasteiger partial charge >= 0.3 is 0 Å². The molecule has 1 rings (SSSR count). The maximum Gasteiger partial charge on any atom is 0.169 e. The highest BCUT2D eigenvalue weighted by atomic mass is 16.6. The van der Waals surface area contributed by atoms with Gasteiger partial charge in [-0.1, -0.05) is 0 Å². The highest BCUT2D eigenvalue weighted by molar-refractivity contribution is 4.77. The number of rotatable bonds is 6. The molecule has 0 aromatic heterocycles. The fourth-order valence-electron chi connectivity index (χ4n) is 2.45. The van der Waals surface area contributed by atoms with Gasteiger partial charge in [-0.15, -0.1) is 0 Å². The van der Waals surface area contributed by atoms with E-state index >= 15 is 0 Å². The molecule has 1 saturated carbocycles. The normalized spacial score (nSPS) is 30.0. The molecule has 96 valence electrons. The number of nitrogens with two attached hydrogens (primary N) is 1. The number of hydrogen-bond donors (Lipinski definition) is 2. The zero-order valence-electron chi connectivity index (χ0n) is 10.4. The van der Waals surface area contributed by atoms with Crippen molar-refractivity contribution in [3.8, 4) is 0 Å². The number of hydrogen-bond acceptors (Lipinski definition) is 4. The van der Waals surface area contributed by atoms with Gasteiger partial charge in [0.1, 0.15) is 0 Å². The lowest BCUT2D eigenvalue weighted by Gasteiger charge is -2.30. The first kappa shape index (κ1) is 13.9. The summed E-state index contributed by atoms with van der Waals surface area (Å²) in [6.45, 7) is 2.84. The first-order chi connectivity index (χ1) is 7.67. The monoisotopic (exact) mass is 231 g/mol. The molecule has 0 heterocycles. The van der Waals surface area contributed by atoms with E-state index in [1.54, 1.807) is 0 Å². The topological polar surface area (TPSA) is 64.7 Å². The SMILES string of the molecule is CCOC1CCC(C[C@H](N)C(O)OC)CC1. The van der Waals surface area contributed by atoms with E-state index in [0.717, 1.165) is 38.7 Å². The van der Waals surface area contributed by atoms with Crippen LogP contribution in [0.15, 0.2) is 0 Å². The number of methoxy groups -OCH3 is 1. The second-order valence-electron chi connectivity index (χ2n) is 4.62. The van der Waals surface area contributed by atoms with Crippen LogP contribution in [0, 0.1) is 5.92 Å². The van der Waals surface area contributed by atoms with Crippen molar-refractivity contribution in [3.63, 3.8) is 0 Å². The Labute approximate surface area is 98.1 Å². The van der Waals surface area contributed by atoms with E-state index in [9.17, 15) is 5.11 Å². The van der Waals surface area contributed by atoms with Crippen molar-refractivity contribution in [1.29, 1.82) is 0 Å². The Balaban J connectivity index is 2.21. The molecule has 3 N–H and O–H groups in total.